The van der Waals surface area contributed by atoms with E-state index in [9.17, 15) is 14.7 Å². The lowest BCUT2D eigenvalue weighted by atomic mass is 9.90. The van der Waals surface area contributed by atoms with Crippen LogP contribution in [0.25, 0.3) is 0 Å². The van der Waals surface area contributed by atoms with Crippen molar-refractivity contribution in [3.8, 4) is 11.5 Å². The fourth-order valence-corrected chi connectivity index (χ4v) is 3.09. The maximum atomic E-state index is 12.7. The molecular weight excluding hydrogens is 320 g/mol. The minimum absolute atomic E-state index is 0.147. The van der Waals surface area contributed by atoms with Crippen LogP contribution in [-0.4, -0.2) is 40.0 Å². The monoisotopic (exact) mass is 340 g/mol. The minimum Gasteiger partial charge on any atom is -0.481 e. The van der Waals surface area contributed by atoms with Gasteiger partial charge in [-0.1, -0.05) is 6.92 Å². The van der Waals surface area contributed by atoms with Crippen molar-refractivity contribution < 1.29 is 19.4 Å². The molecule has 1 aromatic carbocycles. The first-order chi connectivity index (χ1) is 12.0. The van der Waals surface area contributed by atoms with E-state index >= 15 is 0 Å². The van der Waals surface area contributed by atoms with E-state index < -0.39 is 11.9 Å². The number of carboxylic acid groups (broad SMARTS) is 1. The minimum atomic E-state index is -0.843. The molecule has 0 spiro atoms. The number of amides is 1. The third kappa shape index (κ3) is 4.15. The lowest BCUT2D eigenvalue weighted by Gasteiger charge is -2.34. The van der Waals surface area contributed by atoms with Gasteiger partial charge in [-0.15, -0.1) is 0 Å². The number of pyridine rings is 1. The quantitative estimate of drug-likeness (QED) is 0.925. The van der Waals surface area contributed by atoms with Gasteiger partial charge < -0.3 is 14.7 Å². The molecule has 1 amide bonds. The predicted octanol–water partition coefficient (Wildman–Crippen LogP) is 3.06. The molecule has 2 atom stereocenters. The molecule has 6 heteroatoms. The molecule has 0 saturated carbocycles. The first-order valence-electron chi connectivity index (χ1n) is 8.23. The summed E-state index contributed by atoms with van der Waals surface area (Å²) in [6.45, 7) is 2.81. The summed E-state index contributed by atoms with van der Waals surface area (Å²) in [4.78, 5) is 29.5. The van der Waals surface area contributed by atoms with Gasteiger partial charge in [-0.2, -0.15) is 0 Å². The summed E-state index contributed by atoms with van der Waals surface area (Å²) in [5.41, 5.74) is 0.525. The van der Waals surface area contributed by atoms with E-state index in [4.69, 9.17) is 4.74 Å². The van der Waals surface area contributed by atoms with E-state index in [0.29, 0.717) is 30.0 Å². The van der Waals surface area contributed by atoms with E-state index in [1.54, 1.807) is 53.7 Å². The molecule has 3 rings (SSSR count). The third-order valence-electron chi connectivity index (χ3n) is 4.27. The highest BCUT2D eigenvalue weighted by Crippen LogP contribution is 2.25. The van der Waals surface area contributed by atoms with E-state index in [1.807, 2.05) is 6.92 Å². The standard InChI is InChI=1S/C19H20N2O4/c1-13-9-15(19(23)24)12-21(11-13)18(22)14-4-6-16(7-5-14)25-17-3-2-8-20-10-17/h2-8,10,13,15H,9,11-12H2,1H3,(H,23,24). The molecule has 130 valence electrons. The third-order valence-corrected chi connectivity index (χ3v) is 4.27. The van der Waals surface area contributed by atoms with Crippen LogP contribution in [0.4, 0.5) is 0 Å². The van der Waals surface area contributed by atoms with Gasteiger partial charge in [-0.3, -0.25) is 14.6 Å². The smallest absolute Gasteiger partial charge is 0.308 e. The molecule has 1 saturated heterocycles. The molecule has 25 heavy (non-hydrogen) atoms. The molecule has 6 nitrogen and oxygen atoms in total. The first kappa shape index (κ1) is 17.0. The SMILES string of the molecule is CC1CC(C(=O)O)CN(C(=O)c2ccc(Oc3cccnc3)cc2)C1. The number of carbonyl (C=O) groups excluding carboxylic acids is 1. The zero-order valence-electron chi connectivity index (χ0n) is 14.0. The molecule has 0 bridgehead atoms. The summed E-state index contributed by atoms with van der Waals surface area (Å²) >= 11 is 0. The van der Waals surface area contributed by atoms with Gasteiger partial charge in [-0.25, -0.2) is 0 Å². The summed E-state index contributed by atoms with van der Waals surface area (Å²) in [5, 5.41) is 9.24. The Hall–Kier alpha value is -2.89. The summed E-state index contributed by atoms with van der Waals surface area (Å²) in [5.74, 6) is -0.0844. The predicted molar refractivity (Wildman–Crippen MR) is 91.6 cm³/mol. The summed E-state index contributed by atoms with van der Waals surface area (Å²) in [6.07, 6.45) is 3.88. The average Bonchev–Trinajstić information content (AvgIpc) is 2.62. The zero-order valence-corrected chi connectivity index (χ0v) is 14.0. The van der Waals surface area contributed by atoms with Crippen LogP contribution in [-0.2, 0) is 4.79 Å². The number of ether oxygens (including phenoxy) is 1. The van der Waals surface area contributed by atoms with Crippen LogP contribution in [0.5, 0.6) is 11.5 Å². The Morgan fingerprint density at radius 2 is 1.92 bits per heavy atom. The molecular formula is C19H20N2O4. The highest BCUT2D eigenvalue weighted by atomic mass is 16.5. The van der Waals surface area contributed by atoms with Crippen molar-refractivity contribution in [2.75, 3.05) is 13.1 Å². The molecule has 1 aromatic heterocycles. The number of carboxylic acids is 1. The molecule has 1 aliphatic heterocycles. The van der Waals surface area contributed by atoms with Crippen LogP contribution >= 0.6 is 0 Å². The number of carbonyl (C=O) groups is 2. The summed E-state index contributed by atoms with van der Waals surface area (Å²) < 4.78 is 5.66. The number of aromatic nitrogens is 1. The largest absolute Gasteiger partial charge is 0.481 e. The fourth-order valence-electron chi connectivity index (χ4n) is 3.09. The van der Waals surface area contributed by atoms with Crippen LogP contribution < -0.4 is 4.74 Å². The Morgan fingerprint density at radius 1 is 1.16 bits per heavy atom. The topological polar surface area (TPSA) is 79.7 Å². The van der Waals surface area contributed by atoms with Crippen LogP contribution in [0, 0.1) is 11.8 Å². The van der Waals surface area contributed by atoms with Crippen LogP contribution in [0.15, 0.2) is 48.8 Å². The molecule has 1 fully saturated rings. The van der Waals surface area contributed by atoms with Gasteiger partial charge >= 0.3 is 5.97 Å². The highest BCUT2D eigenvalue weighted by Gasteiger charge is 2.32. The first-order valence-corrected chi connectivity index (χ1v) is 8.23. The molecule has 0 radical (unpaired) electrons. The normalized spacial score (nSPS) is 20.1. The van der Waals surface area contributed by atoms with Crippen molar-refractivity contribution in [3.05, 3.63) is 54.4 Å². The number of hydrogen-bond donors (Lipinski definition) is 1. The van der Waals surface area contributed by atoms with Crippen LogP contribution in [0.3, 0.4) is 0 Å². The summed E-state index contributed by atoms with van der Waals surface area (Å²) in [7, 11) is 0. The molecule has 2 heterocycles. The zero-order chi connectivity index (χ0) is 17.8. The van der Waals surface area contributed by atoms with Gasteiger partial charge in [0.1, 0.15) is 11.5 Å². The fraction of sp³-hybridized carbons (Fsp3) is 0.316. The Bertz CT molecular complexity index is 746. The van der Waals surface area contributed by atoms with Gasteiger partial charge in [-0.05, 0) is 48.7 Å². The Balaban J connectivity index is 1.69. The summed E-state index contributed by atoms with van der Waals surface area (Å²) in [6, 6.07) is 10.4. The van der Waals surface area contributed by atoms with E-state index in [-0.39, 0.29) is 18.4 Å². The molecule has 1 N–H and O–H groups in total. The average molecular weight is 340 g/mol. The van der Waals surface area contributed by atoms with Crippen molar-refractivity contribution in [2.45, 2.75) is 13.3 Å². The second-order valence-corrected chi connectivity index (χ2v) is 6.40. The second kappa shape index (κ2) is 7.34. The van der Waals surface area contributed by atoms with Crippen molar-refractivity contribution in [3.63, 3.8) is 0 Å². The van der Waals surface area contributed by atoms with Crippen molar-refractivity contribution in [1.29, 1.82) is 0 Å². The van der Waals surface area contributed by atoms with Gasteiger partial charge in [0, 0.05) is 24.8 Å². The number of hydrogen-bond acceptors (Lipinski definition) is 4. The van der Waals surface area contributed by atoms with Crippen molar-refractivity contribution in [1.82, 2.24) is 9.88 Å². The molecule has 0 aliphatic carbocycles. The highest BCUT2D eigenvalue weighted by molar-refractivity contribution is 5.94. The number of nitrogens with zero attached hydrogens (tertiary/aromatic N) is 2. The van der Waals surface area contributed by atoms with Gasteiger partial charge in [0.15, 0.2) is 0 Å². The number of likely N-dealkylation sites (tertiary alicyclic amines) is 1. The van der Waals surface area contributed by atoms with Gasteiger partial charge in [0.25, 0.3) is 5.91 Å². The van der Waals surface area contributed by atoms with Crippen LogP contribution in [0.2, 0.25) is 0 Å². The number of benzene rings is 1. The van der Waals surface area contributed by atoms with Crippen molar-refractivity contribution in [2.24, 2.45) is 11.8 Å². The number of aliphatic carboxylic acids is 1. The maximum absolute atomic E-state index is 12.7. The lowest BCUT2D eigenvalue weighted by Crippen LogP contribution is -2.45. The maximum Gasteiger partial charge on any atom is 0.308 e. The Labute approximate surface area is 146 Å². The Morgan fingerprint density at radius 3 is 2.56 bits per heavy atom. The molecule has 1 aliphatic rings. The van der Waals surface area contributed by atoms with Crippen LogP contribution in [0.1, 0.15) is 23.7 Å². The number of rotatable bonds is 4. The molecule has 2 unspecified atom stereocenters. The van der Waals surface area contributed by atoms with Gasteiger partial charge in [0.2, 0.25) is 0 Å². The van der Waals surface area contributed by atoms with E-state index in [2.05, 4.69) is 4.98 Å². The second-order valence-electron chi connectivity index (χ2n) is 6.40. The van der Waals surface area contributed by atoms with Gasteiger partial charge in [0.05, 0.1) is 12.1 Å². The van der Waals surface area contributed by atoms with E-state index in [1.165, 1.54) is 0 Å². The molecule has 2 aromatic rings. The Kier molecular flexibility index (Phi) is 4.97. The van der Waals surface area contributed by atoms with E-state index in [0.717, 1.165) is 0 Å². The number of piperidine rings is 1. The van der Waals surface area contributed by atoms with Crippen molar-refractivity contribution >= 4 is 11.9 Å². The lowest BCUT2D eigenvalue weighted by molar-refractivity contribution is -0.143.